The summed E-state index contributed by atoms with van der Waals surface area (Å²) in [7, 11) is 1.56. The van der Waals surface area contributed by atoms with E-state index in [9.17, 15) is 9.18 Å². The van der Waals surface area contributed by atoms with E-state index < -0.39 is 0 Å². The van der Waals surface area contributed by atoms with Crippen LogP contribution in [0, 0.1) is 18.7 Å². The van der Waals surface area contributed by atoms with Crippen LogP contribution >= 0.6 is 0 Å². The van der Waals surface area contributed by atoms with Crippen molar-refractivity contribution in [2.75, 3.05) is 19.4 Å². The summed E-state index contributed by atoms with van der Waals surface area (Å²) < 4.78 is 19.3. The molecule has 2 saturated carbocycles. The number of hydrogen-bond acceptors (Lipinski definition) is 5. The van der Waals surface area contributed by atoms with E-state index in [1.54, 1.807) is 37.6 Å². The van der Waals surface area contributed by atoms with Gasteiger partial charge in [0.05, 0.1) is 24.5 Å². The number of hydrogen-bond donors (Lipinski definition) is 2. The standard InChI is InChI=1S/C35H43FN4O2/c1-5-21(2)29-18-31(40-34(22(29)3)24-10-12-27(36)13-11-24)30(23-8-6-7-9-23)20-39-35(41)25-16-26(19-38-28-14-15-28)33(37)32(17-25)42-4/h10-13,16-19,21,23,28,30H,5-9,14-15,20,37H2,1-4H3,(H,39,41). The number of nitrogens with zero attached hydrogens (tertiary/aromatic N) is 2. The van der Waals surface area contributed by atoms with Crippen LogP contribution in [0.5, 0.6) is 5.75 Å². The maximum atomic E-state index is 13.8. The fourth-order valence-electron chi connectivity index (χ4n) is 6.10. The number of pyridine rings is 1. The first kappa shape index (κ1) is 29.7. The molecule has 0 aliphatic heterocycles. The molecule has 42 heavy (non-hydrogen) atoms. The Balaban J connectivity index is 1.47. The van der Waals surface area contributed by atoms with E-state index in [2.05, 4.69) is 37.1 Å². The molecule has 5 rings (SSSR count). The van der Waals surface area contributed by atoms with Crippen LogP contribution in [0.3, 0.4) is 0 Å². The van der Waals surface area contributed by atoms with Gasteiger partial charge in [0.2, 0.25) is 0 Å². The lowest BCUT2D eigenvalue weighted by Gasteiger charge is -2.27. The van der Waals surface area contributed by atoms with Gasteiger partial charge in [0, 0.05) is 41.1 Å². The van der Waals surface area contributed by atoms with Gasteiger partial charge in [-0.3, -0.25) is 14.8 Å². The van der Waals surface area contributed by atoms with Gasteiger partial charge in [-0.2, -0.15) is 0 Å². The summed E-state index contributed by atoms with van der Waals surface area (Å²) in [5.41, 5.74) is 13.2. The summed E-state index contributed by atoms with van der Waals surface area (Å²) >= 11 is 0. The Bertz CT molecular complexity index is 1440. The zero-order valence-corrected chi connectivity index (χ0v) is 25.3. The molecule has 6 nitrogen and oxygen atoms in total. The zero-order chi connectivity index (χ0) is 29.8. The SMILES string of the molecule is CCC(C)c1cc(C(CNC(=O)c2cc(C=NC3CC3)c(N)c(OC)c2)C2CCCC2)nc(-c2ccc(F)cc2)c1C. The third-order valence-corrected chi connectivity index (χ3v) is 9.05. The van der Waals surface area contributed by atoms with Gasteiger partial charge in [0.15, 0.2) is 0 Å². The quantitative estimate of drug-likeness (QED) is 0.184. The van der Waals surface area contributed by atoms with E-state index in [0.717, 1.165) is 54.6 Å². The van der Waals surface area contributed by atoms with Crippen molar-refractivity contribution in [3.63, 3.8) is 0 Å². The van der Waals surface area contributed by atoms with Crippen molar-refractivity contribution in [1.29, 1.82) is 0 Å². The van der Waals surface area contributed by atoms with Gasteiger partial charge in [-0.1, -0.05) is 26.7 Å². The summed E-state index contributed by atoms with van der Waals surface area (Å²) in [5, 5.41) is 3.22. The van der Waals surface area contributed by atoms with Crippen LogP contribution < -0.4 is 15.8 Å². The normalized spacial score (nSPS) is 17.0. The fraction of sp³-hybridized carbons (Fsp3) is 0.457. The average molecular weight is 571 g/mol. The molecule has 1 heterocycles. The lowest BCUT2D eigenvalue weighted by Crippen LogP contribution is -2.32. The molecule has 7 heteroatoms. The molecule has 2 fully saturated rings. The van der Waals surface area contributed by atoms with Gasteiger partial charge in [-0.15, -0.1) is 0 Å². The Morgan fingerprint density at radius 3 is 2.52 bits per heavy atom. The Labute approximate surface area is 249 Å². The van der Waals surface area contributed by atoms with E-state index in [4.69, 9.17) is 15.5 Å². The summed E-state index contributed by atoms with van der Waals surface area (Å²) in [5.74, 6) is 0.865. The van der Waals surface area contributed by atoms with Gasteiger partial charge in [0.25, 0.3) is 5.91 Å². The average Bonchev–Trinajstić information content (AvgIpc) is 3.68. The first-order valence-electron chi connectivity index (χ1n) is 15.3. The maximum Gasteiger partial charge on any atom is 0.251 e. The Kier molecular flexibility index (Phi) is 9.24. The molecule has 222 valence electrons. The second-order valence-corrected chi connectivity index (χ2v) is 12.0. The Morgan fingerprint density at radius 1 is 1.17 bits per heavy atom. The number of carbonyl (C=O) groups excluding carboxylic acids is 1. The molecule has 3 aromatic rings. The van der Waals surface area contributed by atoms with Crippen molar-refractivity contribution in [3.8, 4) is 17.0 Å². The number of anilines is 1. The smallest absolute Gasteiger partial charge is 0.251 e. The summed E-state index contributed by atoms with van der Waals surface area (Å²) in [6.45, 7) is 7.02. The highest BCUT2D eigenvalue weighted by Gasteiger charge is 2.30. The van der Waals surface area contributed by atoms with Gasteiger partial charge < -0.3 is 15.8 Å². The third-order valence-electron chi connectivity index (χ3n) is 9.05. The topological polar surface area (TPSA) is 89.6 Å². The number of benzene rings is 2. The van der Waals surface area contributed by atoms with E-state index >= 15 is 0 Å². The molecular formula is C35H43FN4O2. The molecule has 2 atom stereocenters. The molecule has 3 N–H and O–H groups in total. The van der Waals surface area contributed by atoms with Gasteiger partial charge in [0.1, 0.15) is 11.6 Å². The highest BCUT2D eigenvalue weighted by Crippen LogP contribution is 2.40. The minimum atomic E-state index is -0.262. The van der Waals surface area contributed by atoms with Crippen molar-refractivity contribution in [1.82, 2.24) is 10.3 Å². The number of halogens is 1. The number of ether oxygens (including phenoxy) is 1. The number of aliphatic imine (C=N–C) groups is 1. The largest absolute Gasteiger partial charge is 0.495 e. The Morgan fingerprint density at radius 2 is 1.88 bits per heavy atom. The summed E-state index contributed by atoms with van der Waals surface area (Å²) in [6.07, 6.45) is 9.53. The fourth-order valence-corrected chi connectivity index (χ4v) is 6.10. The molecule has 2 aromatic carbocycles. The first-order chi connectivity index (χ1) is 20.3. The van der Waals surface area contributed by atoms with E-state index in [0.29, 0.717) is 47.0 Å². The van der Waals surface area contributed by atoms with Gasteiger partial charge in [-0.05, 0) is 104 Å². The molecule has 0 bridgehead atoms. The zero-order valence-electron chi connectivity index (χ0n) is 25.3. The minimum absolute atomic E-state index is 0.0608. The van der Waals surface area contributed by atoms with Crippen molar-refractivity contribution in [3.05, 3.63) is 76.2 Å². The van der Waals surface area contributed by atoms with Crippen LogP contribution in [-0.2, 0) is 0 Å². The van der Waals surface area contributed by atoms with Crippen LogP contribution in [0.4, 0.5) is 10.1 Å². The van der Waals surface area contributed by atoms with Crippen LogP contribution in [0.15, 0.2) is 47.5 Å². The third kappa shape index (κ3) is 6.66. The maximum absolute atomic E-state index is 13.8. The number of aromatic nitrogens is 1. The molecule has 1 aromatic heterocycles. The number of amides is 1. The van der Waals surface area contributed by atoms with Crippen molar-refractivity contribution in [2.45, 2.75) is 83.6 Å². The Hall–Kier alpha value is -3.74. The summed E-state index contributed by atoms with van der Waals surface area (Å²) in [6, 6.07) is 12.7. The monoisotopic (exact) mass is 570 g/mol. The van der Waals surface area contributed by atoms with E-state index in [1.165, 1.54) is 30.5 Å². The predicted molar refractivity (Wildman–Crippen MR) is 168 cm³/mol. The van der Waals surface area contributed by atoms with Crippen LogP contribution in [0.2, 0.25) is 0 Å². The highest BCUT2D eigenvalue weighted by atomic mass is 19.1. The van der Waals surface area contributed by atoms with Crippen LogP contribution in [0.1, 0.15) is 103 Å². The lowest BCUT2D eigenvalue weighted by molar-refractivity contribution is 0.0947. The van der Waals surface area contributed by atoms with Crippen molar-refractivity contribution in [2.24, 2.45) is 10.9 Å². The highest BCUT2D eigenvalue weighted by molar-refractivity contribution is 5.99. The molecule has 2 aliphatic carbocycles. The van der Waals surface area contributed by atoms with Gasteiger partial charge >= 0.3 is 0 Å². The number of rotatable bonds is 11. The predicted octanol–water partition coefficient (Wildman–Crippen LogP) is 7.59. The van der Waals surface area contributed by atoms with Crippen molar-refractivity contribution < 1.29 is 13.9 Å². The molecule has 2 unspecified atom stereocenters. The van der Waals surface area contributed by atoms with E-state index in [1.807, 2.05) is 0 Å². The molecule has 0 radical (unpaired) electrons. The van der Waals surface area contributed by atoms with Crippen LogP contribution in [-0.4, -0.2) is 36.8 Å². The molecular weight excluding hydrogens is 527 g/mol. The number of nitrogen functional groups attached to an aromatic ring is 1. The number of nitrogens with two attached hydrogens (primary N) is 1. The number of methoxy groups -OCH3 is 1. The second-order valence-electron chi connectivity index (χ2n) is 12.0. The lowest BCUT2D eigenvalue weighted by atomic mass is 9.84. The summed E-state index contributed by atoms with van der Waals surface area (Å²) in [4.78, 5) is 23.3. The molecule has 1 amide bonds. The molecule has 0 saturated heterocycles. The van der Waals surface area contributed by atoms with E-state index in [-0.39, 0.29) is 17.6 Å². The van der Waals surface area contributed by atoms with Gasteiger partial charge in [-0.25, -0.2) is 4.39 Å². The molecule has 0 spiro atoms. The second kappa shape index (κ2) is 13.1. The number of nitrogens with one attached hydrogen (secondary N) is 1. The van der Waals surface area contributed by atoms with Crippen LogP contribution in [0.25, 0.3) is 11.3 Å². The minimum Gasteiger partial charge on any atom is -0.495 e. The number of carbonyl (C=O) groups is 1. The first-order valence-corrected chi connectivity index (χ1v) is 15.3. The van der Waals surface area contributed by atoms with Crippen molar-refractivity contribution >= 4 is 17.8 Å². The molecule has 2 aliphatic rings.